The zero-order valence-electron chi connectivity index (χ0n) is 18.4. The van der Waals surface area contributed by atoms with Gasteiger partial charge in [0.2, 0.25) is 10.0 Å². The first-order valence-corrected chi connectivity index (χ1v) is 13.0. The van der Waals surface area contributed by atoms with Crippen molar-refractivity contribution < 1.29 is 22.7 Å². The Balaban J connectivity index is 1.78. The number of ether oxygens (including phenoxy) is 1. The molecule has 1 N–H and O–H groups in total. The van der Waals surface area contributed by atoms with E-state index in [0.717, 1.165) is 30.8 Å². The summed E-state index contributed by atoms with van der Waals surface area (Å²) in [5, 5.41) is 4.63. The monoisotopic (exact) mass is 479 g/mol. The van der Waals surface area contributed by atoms with Crippen LogP contribution in [-0.4, -0.2) is 57.4 Å². The van der Waals surface area contributed by atoms with Crippen LogP contribution < -0.4 is 10.2 Å². The molecule has 0 atom stereocenters. The number of amides is 1. The third-order valence-electron chi connectivity index (χ3n) is 5.35. The van der Waals surface area contributed by atoms with Crippen molar-refractivity contribution in [2.45, 2.75) is 38.1 Å². The maximum absolute atomic E-state index is 13.0. The fourth-order valence-electron chi connectivity index (χ4n) is 3.64. The van der Waals surface area contributed by atoms with Gasteiger partial charge in [0.25, 0.3) is 5.91 Å². The molecule has 1 amide bonds. The number of hydrogen-bond acceptors (Lipinski definition) is 7. The van der Waals surface area contributed by atoms with Gasteiger partial charge in [-0.3, -0.25) is 4.79 Å². The minimum absolute atomic E-state index is 0.0400. The Labute approximate surface area is 193 Å². The molecule has 174 valence electrons. The fourth-order valence-corrected chi connectivity index (χ4v) is 5.77. The molecule has 1 aliphatic rings. The molecule has 2 heterocycles. The Morgan fingerprint density at radius 1 is 1.16 bits per heavy atom. The normalized spacial score (nSPS) is 14.0. The van der Waals surface area contributed by atoms with E-state index in [2.05, 4.69) is 5.32 Å². The van der Waals surface area contributed by atoms with Crippen LogP contribution in [0.25, 0.3) is 0 Å². The molecule has 0 unspecified atom stereocenters. The lowest BCUT2D eigenvalue weighted by Gasteiger charge is -2.23. The second-order valence-corrected chi connectivity index (χ2v) is 10.4. The van der Waals surface area contributed by atoms with Gasteiger partial charge in [0, 0.05) is 31.1 Å². The largest absolute Gasteiger partial charge is 0.452 e. The zero-order chi connectivity index (χ0) is 23.1. The van der Waals surface area contributed by atoms with E-state index in [0.29, 0.717) is 25.3 Å². The molecule has 1 saturated heterocycles. The molecule has 1 aromatic heterocycles. The number of esters is 1. The third-order valence-corrected chi connectivity index (χ3v) is 8.27. The van der Waals surface area contributed by atoms with Crippen LogP contribution in [0.5, 0.6) is 0 Å². The van der Waals surface area contributed by atoms with E-state index in [1.165, 1.54) is 27.8 Å². The van der Waals surface area contributed by atoms with E-state index in [1.807, 2.05) is 22.4 Å². The molecular formula is C22H29N3O5S2. The molecule has 1 aromatic carbocycles. The van der Waals surface area contributed by atoms with Gasteiger partial charge in [0.05, 0.1) is 22.7 Å². The highest BCUT2D eigenvalue weighted by molar-refractivity contribution is 7.89. The highest BCUT2D eigenvalue weighted by Crippen LogP contribution is 2.29. The van der Waals surface area contributed by atoms with Gasteiger partial charge in [-0.25, -0.2) is 13.2 Å². The summed E-state index contributed by atoms with van der Waals surface area (Å²) < 4.78 is 32.5. The Hall–Kier alpha value is -2.43. The van der Waals surface area contributed by atoms with Gasteiger partial charge < -0.3 is 15.0 Å². The van der Waals surface area contributed by atoms with Crippen LogP contribution in [0.1, 0.15) is 41.9 Å². The topological polar surface area (TPSA) is 96.0 Å². The van der Waals surface area contributed by atoms with Crippen molar-refractivity contribution in [1.82, 2.24) is 9.62 Å². The summed E-state index contributed by atoms with van der Waals surface area (Å²) >= 11 is 1.52. The average Bonchev–Trinajstić information content (AvgIpc) is 3.50. The molecule has 1 fully saturated rings. The van der Waals surface area contributed by atoms with Gasteiger partial charge >= 0.3 is 5.97 Å². The van der Waals surface area contributed by atoms with Crippen LogP contribution in [0.15, 0.2) is 40.6 Å². The van der Waals surface area contributed by atoms with Crippen LogP contribution >= 0.6 is 11.3 Å². The van der Waals surface area contributed by atoms with Gasteiger partial charge in [-0.1, -0.05) is 19.9 Å². The van der Waals surface area contributed by atoms with E-state index in [9.17, 15) is 18.0 Å². The number of hydrogen-bond donors (Lipinski definition) is 1. The number of sulfonamides is 1. The minimum atomic E-state index is -3.73. The van der Waals surface area contributed by atoms with Crippen LogP contribution in [-0.2, 0) is 26.1 Å². The maximum atomic E-state index is 13.0. The summed E-state index contributed by atoms with van der Waals surface area (Å²) in [6.45, 7) is 5.69. The Morgan fingerprint density at radius 3 is 2.50 bits per heavy atom. The van der Waals surface area contributed by atoms with Crippen molar-refractivity contribution >= 4 is 38.9 Å². The molecule has 0 aliphatic carbocycles. The molecule has 0 saturated carbocycles. The van der Waals surface area contributed by atoms with Crippen molar-refractivity contribution in [3.05, 3.63) is 46.2 Å². The molecule has 3 rings (SSSR count). The van der Waals surface area contributed by atoms with Gasteiger partial charge in [-0.2, -0.15) is 4.31 Å². The lowest BCUT2D eigenvalue weighted by Crippen LogP contribution is -2.31. The predicted molar refractivity (Wildman–Crippen MR) is 124 cm³/mol. The van der Waals surface area contributed by atoms with Crippen LogP contribution in [0.2, 0.25) is 0 Å². The third kappa shape index (κ3) is 5.67. The number of thiophene rings is 1. The number of nitrogens with one attached hydrogen (secondary N) is 1. The standard InChI is InChI=1S/C22H29N3O5S2/c1-3-25(4-2)32(28,29)18-9-10-20(24-11-5-6-12-24)19(14-18)22(27)30-16-21(26)23-15-17-8-7-13-31-17/h7-10,13-14H,3-6,11-12,15-16H2,1-2H3,(H,23,26). The first-order chi connectivity index (χ1) is 15.4. The number of carbonyl (C=O) groups excluding carboxylic acids is 2. The quantitative estimate of drug-likeness (QED) is 0.527. The van der Waals surface area contributed by atoms with E-state index in [-0.39, 0.29) is 10.5 Å². The van der Waals surface area contributed by atoms with Crippen molar-refractivity contribution in [3.63, 3.8) is 0 Å². The van der Waals surface area contributed by atoms with E-state index >= 15 is 0 Å². The number of nitrogens with zero attached hydrogens (tertiary/aromatic N) is 2. The van der Waals surface area contributed by atoms with Crippen LogP contribution in [0.3, 0.4) is 0 Å². The van der Waals surface area contributed by atoms with Crippen molar-refractivity contribution in [3.8, 4) is 0 Å². The molecule has 1 aliphatic heterocycles. The molecule has 10 heteroatoms. The summed E-state index contributed by atoms with van der Waals surface area (Å²) in [5.41, 5.74) is 0.788. The van der Waals surface area contributed by atoms with Gasteiger partial charge in [0.1, 0.15) is 0 Å². The second-order valence-electron chi connectivity index (χ2n) is 7.39. The van der Waals surface area contributed by atoms with E-state index in [1.54, 1.807) is 19.9 Å². The Kier molecular flexibility index (Phi) is 8.27. The molecule has 0 bridgehead atoms. The number of rotatable bonds is 10. The molecule has 0 radical (unpaired) electrons. The first-order valence-electron chi connectivity index (χ1n) is 10.7. The summed E-state index contributed by atoms with van der Waals surface area (Å²) in [6.07, 6.45) is 2.00. The van der Waals surface area contributed by atoms with E-state index < -0.39 is 28.5 Å². The summed E-state index contributed by atoms with van der Waals surface area (Å²) in [4.78, 5) is 28.1. The van der Waals surface area contributed by atoms with Crippen LogP contribution in [0.4, 0.5) is 5.69 Å². The lowest BCUT2D eigenvalue weighted by molar-refractivity contribution is -0.124. The summed E-state index contributed by atoms with van der Waals surface area (Å²) in [5.74, 6) is -1.13. The smallest absolute Gasteiger partial charge is 0.340 e. The Morgan fingerprint density at radius 2 is 1.88 bits per heavy atom. The Bertz CT molecular complexity index is 1030. The SMILES string of the molecule is CCN(CC)S(=O)(=O)c1ccc(N2CCCC2)c(C(=O)OCC(=O)NCc2cccs2)c1. The van der Waals surface area contributed by atoms with Gasteiger partial charge in [-0.05, 0) is 42.5 Å². The minimum Gasteiger partial charge on any atom is -0.452 e. The molecule has 0 spiro atoms. The highest BCUT2D eigenvalue weighted by Gasteiger charge is 2.27. The summed E-state index contributed by atoms with van der Waals surface area (Å²) in [7, 11) is -3.73. The van der Waals surface area contributed by atoms with Crippen molar-refractivity contribution in [1.29, 1.82) is 0 Å². The van der Waals surface area contributed by atoms with E-state index in [4.69, 9.17) is 4.74 Å². The summed E-state index contributed by atoms with van der Waals surface area (Å²) in [6, 6.07) is 8.36. The highest BCUT2D eigenvalue weighted by atomic mass is 32.2. The predicted octanol–water partition coefficient (Wildman–Crippen LogP) is 2.85. The lowest BCUT2D eigenvalue weighted by atomic mass is 10.1. The maximum Gasteiger partial charge on any atom is 0.340 e. The number of carbonyl (C=O) groups is 2. The van der Waals surface area contributed by atoms with Crippen LogP contribution in [0, 0.1) is 0 Å². The first kappa shape index (κ1) is 24.2. The molecule has 32 heavy (non-hydrogen) atoms. The molecular weight excluding hydrogens is 450 g/mol. The van der Waals surface area contributed by atoms with Gasteiger partial charge in [-0.15, -0.1) is 11.3 Å². The van der Waals surface area contributed by atoms with Gasteiger partial charge in [0.15, 0.2) is 6.61 Å². The van der Waals surface area contributed by atoms with Crippen molar-refractivity contribution in [2.75, 3.05) is 37.7 Å². The number of anilines is 1. The average molecular weight is 480 g/mol. The second kappa shape index (κ2) is 10.9. The fraction of sp³-hybridized carbons (Fsp3) is 0.455. The zero-order valence-corrected chi connectivity index (χ0v) is 20.0. The molecule has 8 nitrogen and oxygen atoms in total. The molecule has 2 aromatic rings. The number of benzene rings is 1. The van der Waals surface area contributed by atoms with Crippen molar-refractivity contribution in [2.24, 2.45) is 0 Å².